The lowest BCUT2D eigenvalue weighted by Gasteiger charge is -1.86. The maximum absolute atomic E-state index is 10.4. The van der Waals surface area contributed by atoms with Gasteiger partial charge in [-0.25, -0.2) is 4.68 Å². The van der Waals surface area contributed by atoms with Crippen molar-refractivity contribution in [2.45, 2.75) is 6.92 Å². The van der Waals surface area contributed by atoms with E-state index in [9.17, 15) is 4.79 Å². The molecule has 0 aliphatic rings. The van der Waals surface area contributed by atoms with E-state index in [0.717, 1.165) is 0 Å². The largest absolute Gasteiger partial charge is 0.273 e. The molecular weight excluding hydrogens is 104 g/mol. The summed E-state index contributed by atoms with van der Waals surface area (Å²) < 4.78 is 1.22. The first-order valence-corrected chi connectivity index (χ1v) is 2.23. The van der Waals surface area contributed by atoms with Crippen LogP contribution in [0.25, 0.3) is 0 Å². The molecule has 41 valence electrons. The van der Waals surface area contributed by atoms with Gasteiger partial charge in [-0.2, -0.15) is 5.10 Å². The molecule has 1 heterocycles. The van der Waals surface area contributed by atoms with E-state index < -0.39 is 0 Å². The lowest BCUT2D eigenvalue weighted by molar-refractivity contribution is 0.0921. The summed E-state index contributed by atoms with van der Waals surface area (Å²) >= 11 is 0. The Kier molecular flexibility index (Phi) is 1.12. The summed E-state index contributed by atoms with van der Waals surface area (Å²) in [5.41, 5.74) is 0. The minimum absolute atomic E-state index is 0.0914. The van der Waals surface area contributed by atoms with Crippen molar-refractivity contribution in [1.29, 1.82) is 0 Å². The van der Waals surface area contributed by atoms with Crippen molar-refractivity contribution in [3.8, 4) is 0 Å². The monoisotopic (exact) mass is 109 g/mol. The summed E-state index contributed by atoms with van der Waals surface area (Å²) in [6.45, 7) is 1.45. The second-order valence-corrected chi connectivity index (χ2v) is 1.41. The molecule has 0 aliphatic carbocycles. The van der Waals surface area contributed by atoms with Crippen LogP contribution in [0, 0.1) is 6.20 Å². The lowest BCUT2D eigenvalue weighted by Crippen LogP contribution is -2.04. The maximum atomic E-state index is 10.4. The molecule has 1 radical (unpaired) electrons. The highest BCUT2D eigenvalue weighted by Crippen LogP contribution is 1.80. The van der Waals surface area contributed by atoms with Gasteiger partial charge in [0.15, 0.2) is 0 Å². The minimum Gasteiger partial charge on any atom is -0.273 e. The molecule has 0 bridgehead atoms. The van der Waals surface area contributed by atoms with Crippen LogP contribution in [-0.2, 0) is 0 Å². The highest BCUT2D eigenvalue weighted by molar-refractivity contribution is 5.74. The first-order valence-electron chi connectivity index (χ1n) is 2.23. The topological polar surface area (TPSA) is 34.9 Å². The van der Waals surface area contributed by atoms with Crippen LogP contribution in [0.3, 0.4) is 0 Å². The van der Waals surface area contributed by atoms with E-state index in [-0.39, 0.29) is 5.91 Å². The second kappa shape index (κ2) is 1.78. The van der Waals surface area contributed by atoms with Crippen molar-refractivity contribution < 1.29 is 4.79 Å². The van der Waals surface area contributed by atoms with Crippen molar-refractivity contribution in [3.63, 3.8) is 0 Å². The van der Waals surface area contributed by atoms with Gasteiger partial charge in [0.1, 0.15) is 6.20 Å². The highest BCUT2D eigenvalue weighted by atomic mass is 16.2. The smallest absolute Gasteiger partial charge is 0.243 e. The number of hydrogen-bond donors (Lipinski definition) is 0. The molecule has 3 heteroatoms. The van der Waals surface area contributed by atoms with E-state index >= 15 is 0 Å². The molecule has 0 saturated carbocycles. The zero-order valence-electron chi connectivity index (χ0n) is 4.46. The van der Waals surface area contributed by atoms with Crippen LogP contribution < -0.4 is 0 Å². The van der Waals surface area contributed by atoms with Crippen molar-refractivity contribution in [3.05, 3.63) is 18.5 Å². The number of rotatable bonds is 0. The molecule has 8 heavy (non-hydrogen) atoms. The van der Waals surface area contributed by atoms with E-state index in [0.29, 0.717) is 0 Å². The Bertz CT molecular complexity index is 178. The first kappa shape index (κ1) is 5.03. The quantitative estimate of drug-likeness (QED) is 0.481. The summed E-state index contributed by atoms with van der Waals surface area (Å²) in [5.74, 6) is -0.0914. The van der Waals surface area contributed by atoms with Crippen LogP contribution in [0.4, 0.5) is 0 Å². The predicted molar refractivity (Wildman–Crippen MR) is 27.4 cm³/mol. The number of hydrogen-bond acceptors (Lipinski definition) is 2. The molecule has 3 nitrogen and oxygen atoms in total. The zero-order chi connectivity index (χ0) is 5.98. The third kappa shape index (κ3) is 0.753. The Morgan fingerprint density at radius 2 is 2.62 bits per heavy atom. The van der Waals surface area contributed by atoms with Crippen LogP contribution in [-0.4, -0.2) is 15.7 Å². The molecular formula is C5H5N2O. The fourth-order valence-electron chi connectivity index (χ4n) is 0.408. The third-order valence-electron chi connectivity index (χ3n) is 0.778. The Labute approximate surface area is 46.9 Å². The van der Waals surface area contributed by atoms with E-state index in [4.69, 9.17) is 0 Å². The van der Waals surface area contributed by atoms with Gasteiger partial charge in [-0.1, -0.05) is 0 Å². The van der Waals surface area contributed by atoms with Crippen molar-refractivity contribution >= 4 is 5.91 Å². The van der Waals surface area contributed by atoms with Crippen LogP contribution in [0.2, 0.25) is 0 Å². The Balaban J connectivity index is 2.93. The molecule has 1 rings (SSSR count). The van der Waals surface area contributed by atoms with E-state index in [1.165, 1.54) is 11.6 Å². The summed E-state index contributed by atoms with van der Waals surface area (Å²) in [6, 6.07) is 1.58. The maximum Gasteiger partial charge on any atom is 0.243 e. The van der Waals surface area contributed by atoms with E-state index in [2.05, 4.69) is 11.3 Å². The molecule has 0 fully saturated rings. The Morgan fingerprint density at radius 1 is 1.88 bits per heavy atom. The van der Waals surface area contributed by atoms with Crippen molar-refractivity contribution in [1.82, 2.24) is 9.78 Å². The lowest BCUT2D eigenvalue weighted by atomic mass is 10.7. The van der Waals surface area contributed by atoms with Gasteiger partial charge in [-0.05, 0) is 6.07 Å². The zero-order valence-corrected chi connectivity index (χ0v) is 4.46. The van der Waals surface area contributed by atoms with Crippen LogP contribution in [0.15, 0.2) is 12.3 Å². The molecule has 0 atom stereocenters. The molecule has 1 aromatic heterocycles. The van der Waals surface area contributed by atoms with Crippen molar-refractivity contribution in [2.24, 2.45) is 0 Å². The van der Waals surface area contributed by atoms with Crippen LogP contribution in [0.1, 0.15) is 11.7 Å². The molecule has 0 unspecified atom stereocenters. The van der Waals surface area contributed by atoms with Gasteiger partial charge in [-0.3, -0.25) is 4.79 Å². The fourth-order valence-corrected chi connectivity index (χ4v) is 0.408. The van der Waals surface area contributed by atoms with E-state index in [1.54, 1.807) is 12.3 Å². The summed E-state index contributed by atoms with van der Waals surface area (Å²) in [4.78, 5) is 10.4. The molecule has 0 aliphatic heterocycles. The average Bonchev–Trinajstić information content (AvgIpc) is 2.12. The average molecular weight is 109 g/mol. The number of nitrogens with zero attached hydrogens (tertiary/aromatic N) is 2. The van der Waals surface area contributed by atoms with Gasteiger partial charge in [0, 0.05) is 13.1 Å². The summed E-state index contributed by atoms with van der Waals surface area (Å²) in [6.07, 6.45) is 4.06. The Morgan fingerprint density at radius 3 is 2.88 bits per heavy atom. The van der Waals surface area contributed by atoms with Crippen molar-refractivity contribution in [2.75, 3.05) is 0 Å². The SMILES string of the molecule is CC(=O)n1cc[c]n1. The third-order valence-corrected chi connectivity index (χ3v) is 0.778. The molecule has 0 spiro atoms. The van der Waals surface area contributed by atoms with Gasteiger partial charge < -0.3 is 0 Å². The van der Waals surface area contributed by atoms with E-state index in [1.807, 2.05) is 0 Å². The summed E-state index contributed by atoms with van der Waals surface area (Å²) in [7, 11) is 0. The standard InChI is InChI=1S/C5H5N2O/c1-5(8)7-4-2-3-6-7/h2,4H,1H3. The molecule has 1 aromatic rings. The number of carbonyl (C=O) groups excluding carboxylic acids is 1. The normalized spacial score (nSPS) is 9.12. The fraction of sp³-hybridized carbons (Fsp3) is 0.200. The van der Waals surface area contributed by atoms with Crippen LogP contribution in [0.5, 0.6) is 0 Å². The van der Waals surface area contributed by atoms with Gasteiger partial charge in [-0.15, -0.1) is 0 Å². The van der Waals surface area contributed by atoms with Gasteiger partial charge in [0.05, 0.1) is 0 Å². The predicted octanol–water partition coefficient (Wildman–Crippen LogP) is 0.343. The number of aromatic nitrogens is 2. The highest BCUT2D eigenvalue weighted by Gasteiger charge is 1.91. The first-order chi connectivity index (χ1) is 3.80. The van der Waals surface area contributed by atoms with Gasteiger partial charge >= 0.3 is 0 Å². The molecule has 0 saturated heterocycles. The molecule has 0 amide bonds. The van der Waals surface area contributed by atoms with Crippen LogP contribution >= 0.6 is 0 Å². The molecule has 0 N–H and O–H groups in total. The summed E-state index contributed by atoms with van der Waals surface area (Å²) in [5, 5.41) is 3.56. The second-order valence-electron chi connectivity index (χ2n) is 1.41. The number of carbonyl (C=O) groups is 1. The minimum atomic E-state index is -0.0914. The van der Waals surface area contributed by atoms with Gasteiger partial charge in [0.25, 0.3) is 0 Å². The molecule has 0 aromatic carbocycles. The van der Waals surface area contributed by atoms with Gasteiger partial charge in [0.2, 0.25) is 5.91 Å². The Hall–Kier alpha value is -1.12.